The molecule has 2 aromatic rings. The Morgan fingerprint density at radius 3 is 2.55 bits per heavy atom. The lowest BCUT2D eigenvalue weighted by Crippen LogP contribution is -2.35. The van der Waals surface area contributed by atoms with Gasteiger partial charge in [-0.1, -0.05) is 23.4 Å². The lowest BCUT2D eigenvalue weighted by atomic mass is 10.1. The summed E-state index contributed by atoms with van der Waals surface area (Å²) in [4.78, 5) is 2.14. The molecule has 0 aliphatic heterocycles. The van der Waals surface area contributed by atoms with Gasteiger partial charge in [0.25, 0.3) is 0 Å². The van der Waals surface area contributed by atoms with Crippen LogP contribution >= 0.6 is 0 Å². The van der Waals surface area contributed by atoms with Crippen LogP contribution in [0.15, 0.2) is 40.9 Å². The minimum absolute atomic E-state index is 0.0833. The highest BCUT2D eigenvalue weighted by atomic mass is 16.5. The van der Waals surface area contributed by atoms with Crippen LogP contribution in [0.5, 0.6) is 0 Å². The van der Waals surface area contributed by atoms with E-state index in [0.29, 0.717) is 6.54 Å². The number of benzene rings is 1. The first-order valence-electron chi connectivity index (χ1n) is 6.90. The number of rotatable bonds is 5. The topological polar surface area (TPSA) is 41.3 Å². The Balaban J connectivity index is 1.93. The standard InChI is InChI=1S/C16H23N3O/c1-16(2,3)17-11-13-10-15(20-18-13)12-19(4)14-8-6-5-7-9-14/h5-10,17H,11-12H2,1-4H3. The van der Waals surface area contributed by atoms with E-state index in [1.165, 1.54) is 5.69 Å². The Morgan fingerprint density at radius 1 is 1.20 bits per heavy atom. The van der Waals surface area contributed by atoms with E-state index >= 15 is 0 Å². The van der Waals surface area contributed by atoms with E-state index in [1.54, 1.807) is 0 Å². The maximum Gasteiger partial charge on any atom is 0.156 e. The fraction of sp³-hybridized carbons (Fsp3) is 0.438. The molecular formula is C16H23N3O. The first kappa shape index (κ1) is 14.6. The van der Waals surface area contributed by atoms with Crippen LogP contribution in [0.4, 0.5) is 5.69 Å². The number of anilines is 1. The summed E-state index contributed by atoms with van der Waals surface area (Å²) in [6, 6.07) is 12.3. The zero-order valence-corrected chi connectivity index (χ0v) is 12.7. The van der Waals surface area contributed by atoms with E-state index < -0.39 is 0 Å². The molecule has 0 spiro atoms. The molecule has 1 N–H and O–H groups in total. The molecule has 4 nitrogen and oxygen atoms in total. The SMILES string of the molecule is CN(Cc1cc(CNC(C)(C)C)no1)c1ccccc1. The fourth-order valence-corrected chi connectivity index (χ4v) is 1.88. The summed E-state index contributed by atoms with van der Waals surface area (Å²) < 4.78 is 5.39. The molecule has 0 amide bonds. The molecule has 4 heteroatoms. The Kier molecular flexibility index (Phi) is 4.45. The maximum atomic E-state index is 5.39. The van der Waals surface area contributed by atoms with E-state index in [2.05, 4.69) is 48.3 Å². The predicted molar refractivity (Wildman–Crippen MR) is 81.6 cm³/mol. The van der Waals surface area contributed by atoms with Crippen molar-refractivity contribution in [3.8, 4) is 0 Å². The van der Waals surface area contributed by atoms with Crippen molar-refractivity contribution in [2.45, 2.75) is 39.4 Å². The van der Waals surface area contributed by atoms with Crippen LogP contribution < -0.4 is 10.2 Å². The predicted octanol–water partition coefficient (Wildman–Crippen LogP) is 3.20. The third-order valence-electron chi connectivity index (χ3n) is 3.00. The van der Waals surface area contributed by atoms with Crippen molar-refractivity contribution in [1.29, 1.82) is 0 Å². The van der Waals surface area contributed by atoms with Crippen LogP contribution in [-0.2, 0) is 13.1 Å². The zero-order valence-electron chi connectivity index (χ0n) is 12.7. The maximum absolute atomic E-state index is 5.39. The van der Waals surface area contributed by atoms with Crippen LogP contribution in [0.25, 0.3) is 0 Å². The van der Waals surface area contributed by atoms with Crippen molar-refractivity contribution in [3.63, 3.8) is 0 Å². The molecule has 1 aromatic heterocycles. The summed E-state index contributed by atoms with van der Waals surface area (Å²) in [5, 5.41) is 7.50. The van der Waals surface area contributed by atoms with Gasteiger partial charge in [0, 0.05) is 30.9 Å². The summed E-state index contributed by atoms with van der Waals surface area (Å²) in [6.07, 6.45) is 0. The quantitative estimate of drug-likeness (QED) is 0.908. The van der Waals surface area contributed by atoms with Gasteiger partial charge >= 0.3 is 0 Å². The average molecular weight is 273 g/mol. The van der Waals surface area contributed by atoms with Crippen LogP contribution in [0.3, 0.4) is 0 Å². The highest BCUT2D eigenvalue weighted by Gasteiger charge is 2.12. The number of hydrogen-bond donors (Lipinski definition) is 1. The lowest BCUT2D eigenvalue weighted by Gasteiger charge is -2.19. The molecule has 0 aliphatic rings. The Morgan fingerprint density at radius 2 is 1.90 bits per heavy atom. The second-order valence-corrected chi connectivity index (χ2v) is 6.08. The molecule has 1 heterocycles. The van der Waals surface area contributed by atoms with E-state index in [-0.39, 0.29) is 5.54 Å². The number of nitrogens with one attached hydrogen (secondary N) is 1. The minimum atomic E-state index is 0.0833. The van der Waals surface area contributed by atoms with Gasteiger partial charge < -0.3 is 14.7 Å². The van der Waals surface area contributed by atoms with Crippen molar-refractivity contribution in [3.05, 3.63) is 47.9 Å². The number of hydrogen-bond acceptors (Lipinski definition) is 4. The van der Waals surface area contributed by atoms with Gasteiger partial charge in [-0.05, 0) is 32.9 Å². The minimum Gasteiger partial charge on any atom is -0.367 e. The smallest absolute Gasteiger partial charge is 0.156 e. The van der Waals surface area contributed by atoms with Gasteiger partial charge in [0.15, 0.2) is 5.76 Å². The first-order chi connectivity index (χ1) is 9.44. The van der Waals surface area contributed by atoms with E-state index in [1.807, 2.05) is 31.3 Å². The van der Waals surface area contributed by atoms with Gasteiger partial charge in [-0.15, -0.1) is 0 Å². The largest absolute Gasteiger partial charge is 0.367 e. The lowest BCUT2D eigenvalue weighted by molar-refractivity contribution is 0.365. The van der Waals surface area contributed by atoms with Crippen LogP contribution in [0.2, 0.25) is 0 Å². The Bertz CT molecular complexity index is 528. The summed E-state index contributed by atoms with van der Waals surface area (Å²) >= 11 is 0. The number of para-hydroxylation sites is 1. The van der Waals surface area contributed by atoms with Crippen molar-refractivity contribution in [2.75, 3.05) is 11.9 Å². The van der Waals surface area contributed by atoms with Crippen LogP contribution in [-0.4, -0.2) is 17.7 Å². The molecule has 108 valence electrons. The monoisotopic (exact) mass is 273 g/mol. The van der Waals surface area contributed by atoms with Gasteiger partial charge in [-0.25, -0.2) is 0 Å². The second kappa shape index (κ2) is 6.09. The molecule has 0 bridgehead atoms. The number of aromatic nitrogens is 1. The highest BCUT2D eigenvalue weighted by molar-refractivity contribution is 5.45. The van der Waals surface area contributed by atoms with Crippen LogP contribution in [0, 0.1) is 0 Å². The summed E-state index contributed by atoms with van der Waals surface area (Å²) in [5.74, 6) is 0.877. The molecule has 0 saturated carbocycles. The van der Waals surface area contributed by atoms with Gasteiger partial charge in [0.1, 0.15) is 0 Å². The Labute approximate surface area is 120 Å². The zero-order chi connectivity index (χ0) is 14.6. The molecule has 0 fully saturated rings. The van der Waals surface area contributed by atoms with Gasteiger partial charge in [0.2, 0.25) is 0 Å². The summed E-state index contributed by atoms with van der Waals surface area (Å²) in [5.41, 5.74) is 2.19. The van der Waals surface area contributed by atoms with Gasteiger partial charge in [-0.2, -0.15) is 0 Å². The summed E-state index contributed by atoms with van der Waals surface area (Å²) in [6.45, 7) is 7.85. The summed E-state index contributed by atoms with van der Waals surface area (Å²) in [7, 11) is 2.05. The molecule has 0 atom stereocenters. The average Bonchev–Trinajstić information content (AvgIpc) is 2.84. The van der Waals surface area contributed by atoms with Crippen molar-refractivity contribution in [2.24, 2.45) is 0 Å². The van der Waals surface area contributed by atoms with Crippen LogP contribution in [0.1, 0.15) is 32.2 Å². The molecule has 2 rings (SSSR count). The van der Waals surface area contributed by atoms with Gasteiger partial charge in [-0.3, -0.25) is 0 Å². The van der Waals surface area contributed by atoms with E-state index in [4.69, 9.17) is 4.52 Å². The molecule has 20 heavy (non-hydrogen) atoms. The third-order valence-corrected chi connectivity index (χ3v) is 3.00. The molecule has 0 radical (unpaired) electrons. The molecule has 0 aliphatic carbocycles. The third kappa shape index (κ3) is 4.38. The second-order valence-electron chi connectivity index (χ2n) is 6.08. The van der Waals surface area contributed by atoms with Crippen molar-refractivity contribution < 1.29 is 4.52 Å². The molecular weight excluding hydrogens is 250 g/mol. The molecule has 1 aromatic carbocycles. The van der Waals surface area contributed by atoms with Gasteiger partial charge in [0.05, 0.1) is 12.2 Å². The Hall–Kier alpha value is -1.81. The van der Waals surface area contributed by atoms with E-state index in [0.717, 1.165) is 18.0 Å². The van der Waals surface area contributed by atoms with Crippen molar-refractivity contribution in [1.82, 2.24) is 10.5 Å². The highest BCUT2D eigenvalue weighted by Crippen LogP contribution is 2.15. The number of nitrogens with zero attached hydrogens (tertiary/aromatic N) is 2. The molecule has 0 saturated heterocycles. The van der Waals surface area contributed by atoms with E-state index in [9.17, 15) is 0 Å². The van der Waals surface area contributed by atoms with Crippen molar-refractivity contribution >= 4 is 5.69 Å². The fourth-order valence-electron chi connectivity index (χ4n) is 1.88. The normalized spacial score (nSPS) is 11.6. The first-order valence-corrected chi connectivity index (χ1v) is 6.90. The molecule has 0 unspecified atom stereocenters.